The van der Waals surface area contributed by atoms with Gasteiger partial charge in [-0.25, -0.2) is 4.79 Å². The molecule has 4 rings (SSSR count). The lowest BCUT2D eigenvalue weighted by atomic mass is 9.86. The lowest BCUT2D eigenvalue weighted by Gasteiger charge is -2.39. The highest BCUT2D eigenvalue weighted by atomic mass is 16.5. The van der Waals surface area contributed by atoms with Gasteiger partial charge in [-0.05, 0) is 55.8 Å². The highest BCUT2D eigenvalue weighted by Gasteiger charge is 2.54. The molecule has 31 heavy (non-hydrogen) atoms. The lowest BCUT2D eigenvalue weighted by molar-refractivity contribution is -0.135. The van der Waals surface area contributed by atoms with Crippen molar-refractivity contribution in [3.63, 3.8) is 0 Å². The molecule has 0 saturated carbocycles. The van der Waals surface area contributed by atoms with Crippen molar-refractivity contribution in [2.75, 3.05) is 39.8 Å². The van der Waals surface area contributed by atoms with Crippen LogP contribution in [0.25, 0.3) is 0 Å². The first-order valence-corrected chi connectivity index (χ1v) is 11.6. The van der Waals surface area contributed by atoms with E-state index in [0.717, 1.165) is 57.9 Å². The summed E-state index contributed by atoms with van der Waals surface area (Å²) in [5.74, 6) is 1.46. The Balaban J connectivity index is 1.38. The number of rotatable bonds is 6. The Labute approximate surface area is 185 Å². The third kappa shape index (κ3) is 4.72. The minimum Gasteiger partial charge on any atom is -0.497 e. The number of carbonyl (C=O) groups excluding carboxylic acids is 2. The van der Waals surface area contributed by atoms with Crippen LogP contribution in [-0.4, -0.2) is 78.1 Å². The molecule has 3 aliphatic heterocycles. The number of piperidine rings is 2. The number of nitrogens with one attached hydrogen (secondary N) is 1. The molecule has 3 aliphatic rings. The Hall–Kier alpha value is -2.12. The van der Waals surface area contributed by atoms with Crippen molar-refractivity contribution < 1.29 is 14.3 Å². The van der Waals surface area contributed by atoms with Gasteiger partial charge in [0.05, 0.1) is 13.2 Å². The summed E-state index contributed by atoms with van der Waals surface area (Å²) in [5.41, 5.74) is 0.524. The summed E-state index contributed by atoms with van der Waals surface area (Å²) >= 11 is 0. The van der Waals surface area contributed by atoms with Crippen LogP contribution in [-0.2, 0) is 11.3 Å². The fourth-order valence-electron chi connectivity index (χ4n) is 5.32. The predicted octanol–water partition coefficient (Wildman–Crippen LogP) is 2.70. The highest BCUT2D eigenvalue weighted by Crippen LogP contribution is 2.32. The molecule has 7 nitrogen and oxygen atoms in total. The Morgan fingerprint density at radius 3 is 2.45 bits per heavy atom. The minimum atomic E-state index is -0.692. The first-order valence-electron chi connectivity index (χ1n) is 11.6. The van der Waals surface area contributed by atoms with Crippen molar-refractivity contribution in [2.45, 2.75) is 57.7 Å². The second kappa shape index (κ2) is 9.17. The van der Waals surface area contributed by atoms with E-state index in [1.54, 1.807) is 12.0 Å². The molecule has 3 heterocycles. The van der Waals surface area contributed by atoms with Gasteiger partial charge in [-0.2, -0.15) is 0 Å². The number of hydrogen-bond donors (Lipinski definition) is 1. The SMILES string of the molecule is COc1ccc(CN2CCCC(N3C(=O)NC4(CCN(CC(C)C)CC4)C3=O)C2)cc1. The van der Waals surface area contributed by atoms with Gasteiger partial charge >= 0.3 is 6.03 Å². The Kier molecular flexibility index (Phi) is 6.53. The third-order valence-corrected chi connectivity index (χ3v) is 6.94. The van der Waals surface area contributed by atoms with Crippen LogP contribution in [0.3, 0.4) is 0 Å². The van der Waals surface area contributed by atoms with Crippen molar-refractivity contribution in [1.82, 2.24) is 20.0 Å². The van der Waals surface area contributed by atoms with Gasteiger partial charge in [-0.15, -0.1) is 0 Å². The summed E-state index contributed by atoms with van der Waals surface area (Å²) in [6.45, 7) is 9.76. The smallest absolute Gasteiger partial charge is 0.325 e. The number of urea groups is 1. The summed E-state index contributed by atoms with van der Waals surface area (Å²) in [6, 6.07) is 7.87. The standard InChI is InChI=1S/C24H36N4O3/c1-18(2)15-26-13-10-24(11-14-26)22(29)28(23(30)25-24)20-5-4-12-27(17-20)16-19-6-8-21(31-3)9-7-19/h6-9,18,20H,4-5,10-17H2,1-3H3,(H,25,30). The number of carbonyl (C=O) groups is 2. The van der Waals surface area contributed by atoms with E-state index in [0.29, 0.717) is 18.8 Å². The van der Waals surface area contributed by atoms with Crippen LogP contribution in [0.1, 0.15) is 45.1 Å². The average molecular weight is 429 g/mol. The lowest BCUT2D eigenvalue weighted by Crippen LogP contribution is -2.56. The van der Waals surface area contributed by atoms with E-state index < -0.39 is 5.54 Å². The van der Waals surface area contributed by atoms with Crippen LogP contribution < -0.4 is 10.1 Å². The largest absolute Gasteiger partial charge is 0.497 e. The highest BCUT2D eigenvalue weighted by molar-refractivity contribution is 6.07. The maximum Gasteiger partial charge on any atom is 0.325 e. The van der Waals surface area contributed by atoms with E-state index >= 15 is 0 Å². The maximum absolute atomic E-state index is 13.4. The van der Waals surface area contributed by atoms with Gasteiger partial charge in [0.25, 0.3) is 5.91 Å². The zero-order chi connectivity index (χ0) is 22.0. The summed E-state index contributed by atoms with van der Waals surface area (Å²) < 4.78 is 5.24. The molecule has 3 amide bonds. The van der Waals surface area contributed by atoms with Crippen molar-refractivity contribution in [3.05, 3.63) is 29.8 Å². The number of imide groups is 1. The van der Waals surface area contributed by atoms with E-state index in [2.05, 4.69) is 41.1 Å². The normalized spacial score (nSPS) is 24.8. The number of likely N-dealkylation sites (tertiary alicyclic amines) is 2. The molecular formula is C24H36N4O3. The van der Waals surface area contributed by atoms with Gasteiger partial charge in [0.1, 0.15) is 11.3 Å². The number of ether oxygens (including phenoxy) is 1. The van der Waals surface area contributed by atoms with Crippen molar-refractivity contribution in [2.24, 2.45) is 5.92 Å². The molecule has 1 aromatic carbocycles. The Bertz CT molecular complexity index is 787. The molecule has 170 valence electrons. The minimum absolute atomic E-state index is 0.00186. The summed E-state index contributed by atoms with van der Waals surface area (Å²) in [6.07, 6.45) is 3.30. The second-order valence-electron chi connectivity index (χ2n) is 9.76. The molecule has 0 radical (unpaired) electrons. The molecule has 1 spiro atoms. The van der Waals surface area contributed by atoms with Crippen LogP contribution in [0.4, 0.5) is 4.79 Å². The molecule has 0 bridgehead atoms. The molecule has 1 unspecified atom stereocenters. The first-order chi connectivity index (χ1) is 14.9. The number of benzene rings is 1. The fourth-order valence-corrected chi connectivity index (χ4v) is 5.32. The molecule has 1 atom stereocenters. The van der Waals surface area contributed by atoms with E-state index in [1.165, 1.54) is 5.56 Å². The molecule has 1 N–H and O–H groups in total. The van der Waals surface area contributed by atoms with Gasteiger partial charge in [0.15, 0.2) is 0 Å². The van der Waals surface area contributed by atoms with E-state index in [9.17, 15) is 9.59 Å². The first kappa shape index (κ1) is 22.1. The topological polar surface area (TPSA) is 65.1 Å². The maximum atomic E-state index is 13.4. The quantitative estimate of drug-likeness (QED) is 0.706. The molecule has 3 fully saturated rings. The molecule has 3 saturated heterocycles. The number of hydrogen-bond acceptors (Lipinski definition) is 5. The summed E-state index contributed by atoms with van der Waals surface area (Å²) in [4.78, 5) is 32.7. The molecule has 7 heteroatoms. The van der Waals surface area contributed by atoms with Crippen LogP contribution in [0.2, 0.25) is 0 Å². The summed E-state index contributed by atoms with van der Waals surface area (Å²) in [7, 11) is 1.67. The zero-order valence-electron chi connectivity index (χ0n) is 19.1. The van der Waals surface area contributed by atoms with Crippen LogP contribution in [0, 0.1) is 5.92 Å². The second-order valence-corrected chi connectivity index (χ2v) is 9.76. The van der Waals surface area contributed by atoms with Gasteiger partial charge in [-0.3, -0.25) is 14.6 Å². The van der Waals surface area contributed by atoms with Crippen LogP contribution >= 0.6 is 0 Å². The van der Waals surface area contributed by atoms with Crippen molar-refractivity contribution >= 4 is 11.9 Å². The van der Waals surface area contributed by atoms with Gasteiger partial charge < -0.3 is 15.0 Å². The molecule has 1 aromatic rings. The third-order valence-electron chi connectivity index (χ3n) is 6.94. The van der Waals surface area contributed by atoms with Crippen molar-refractivity contribution in [3.8, 4) is 5.75 Å². The van der Waals surface area contributed by atoms with Gasteiger partial charge in [-0.1, -0.05) is 26.0 Å². The number of amides is 3. The van der Waals surface area contributed by atoms with E-state index in [4.69, 9.17) is 4.74 Å². The van der Waals surface area contributed by atoms with Gasteiger partial charge in [0, 0.05) is 32.7 Å². The average Bonchev–Trinajstić information content (AvgIpc) is 2.99. The van der Waals surface area contributed by atoms with Gasteiger partial charge in [0.2, 0.25) is 0 Å². The Morgan fingerprint density at radius 2 is 1.81 bits per heavy atom. The number of nitrogens with zero attached hydrogens (tertiary/aromatic N) is 3. The van der Waals surface area contributed by atoms with Crippen LogP contribution in [0.15, 0.2) is 24.3 Å². The molecule has 0 aromatic heterocycles. The van der Waals surface area contributed by atoms with Crippen LogP contribution in [0.5, 0.6) is 5.75 Å². The number of methoxy groups -OCH3 is 1. The monoisotopic (exact) mass is 428 g/mol. The Morgan fingerprint density at radius 1 is 1.10 bits per heavy atom. The predicted molar refractivity (Wildman–Crippen MR) is 120 cm³/mol. The van der Waals surface area contributed by atoms with Crippen molar-refractivity contribution in [1.29, 1.82) is 0 Å². The zero-order valence-corrected chi connectivity index (χ0v) is 19.1. The van der Waals surface area contributed by atoms with E-state index in [-0.39, 0.29) is 18.0 Å². The molecule has 0 aliphatic carbocycles. The fraction of sp³-hybridized carbons (Fsp3) is 0.667. The summed E-state index contributed by atoms with van der Waals surface area (Å²) in [5, 5.41) is 3.10. The molecular weight excluding hydrogens is 392 g/mol. The van der Waals surface area contributed by atoms with E-state index in [1.807, 2.05) is 12.1 Å².